The number of hydrogen-bond acceptors (Lipinski definition) is 4. The van der Waals surface area contributed by atoms with Crippen molar-refractivity contribution in [2.24, 2.45) is 0 Å². The van der Waals surface area contributed by atoms with Gasteiger partial charge in [0.25, 0.3) is 0 Å². The van der Waals surface area contributed by atoms with Crippen LogP contribution in [-0.4, -0.2) is 14.5 Å². The van der Waals surface area contributed by atoms with Crippen molar-refractivity contribution in [2.75, 3.05) is 0 Å². The van der Waals surface area contributed by atoms with Crippen molar-refractivity contribution >= 4 is 95.7 Å². The molecule has 0 saturated carbocycles. The molecule has 0 atom stereocenters. The van der Waals surface area contributed by atoms with Crippen LogP contribution in [0, 0.1) is 0 Å². The summed E-state index contributed by atoms with van der Waals surface area (Å²) >= 11 is 3.78. The van der Waals surface area contributed by atoms with Crippen molar-refractivity contribution in [1.29, 1.82) is 0 Å². The van der Waals surface area contributed by atoms with E-state index in [1.54, 1.807) is 0 Å². The lowest BCUT2D eigenvalue weighted by Crippen LogP contribution is -2.03. The van der Waals surface area contributed by atoms with E-state index in [1.807, 2.05) is 22.7 Å². The highest BCUT2D eigenvalue weighted by atomic mass is 32.2. The second kappa shape index (κ2) is 8.71. The normalized spacial score (nSPS) is 12.2. The second-order valence-electron chi connectivity index (χ2n) is 11.0. The molecule has 0 aliphatic rings. The number of nitrogens with zero attached hydrogens (tertiary/aromatic N) is 3. The third-order valence-electron chi connectivity index (χ3n) is 8.64. The molecule has 0 N–H and O–H groups in total. The number of para-hydroxylation sites is 1. The first-order chi connectivity index (χ1) is 21.3. The van der Waals surface area contributed by atoms with E-state index in [0.29, 0.717) is 5.95 Å². The minimum absolute atomic E-state index is 0.696. The SMILES string of the molecule is c1ccc(-c2nc(-n3c4ccc5ccccc5c4c4ccc5c(sc6sc7ccccc7c65)c43)nc3ccccc23)cc1. The van der Waals surface area contributed by atoms with Gasteiger partial charge in [-0.1, -0.05) is 109 Å². The lowest BCUT2D eigenvalue weighted by Gasteiger charge is -2.12. The van der Waals surface area contributed by atoms with Crippen LogP contribution >= 0.6 is 22.7 Å². The van der Waals surface area contributed by atoms with Gasteiger partial charge < -0.3 is 0 Å². The Morgan fingerprint density at radius 2 is 1.26 bits per heavy atom. The molecule has 10 rings (SSSR count). The third-order valence-corrected chi connectivity index (χ3v) is 11.1. The third kappa shape index (κ3) is 3.23. The fourth-order valence-corrected chi connectivity index (χ4v) is 9.50. The van der Waals surface area contributed by atoms with Crippen LogP contribution in [0.3, 0.4) is 0 Å². The zero-order valence-electron chi connectivity index (χ0n) is 22.8. The molecule has 0 radical (unpaired) electrons. The van der Waals surface area contributed by atoms with Gasteiger partial charge >= 0.3 is 0 Å². The average Bonchev–Trinajstić information content (AvgIpc) is 3.72. The molecule has 0 fully saturated rings. The topological polar surface area (TPSA) is 30.7 Å². The highest BCUT2D eigenvalue weighted by Crippen LogP contribution is 2.48. The zero-order valence-corrected chi connectivity index (χ0v) is 24.4. The summed E-state index contributed by atoms with van der Waals surface area (Å²) in [6, 6.07) is 45.4. The van der Waals surface area contributed by atoms with E-state index in [0.717, 1.165) is 27.7 Å². The molecule has 5 heteroatoms. The summed E-state index contributed by atoms with van der Waals surface area (Å²) in [5.74, 6) is 0.696. The van der Waals surface area contributed by atoms with Crippen LogP contribution in [0.15, 0.2) is 127 Å². The predicted molar refractivity (Wildman–Crippen MR) is 185 cm³/mol. The summed E-state index contributed by atoms with van der Waals surface area (Å²) in [4.78, 5) is 10.6. The maximum absolute atomic E-state index is 5.35. The molecule has 200 valence electrons. The summed E-state index contributed by atoms with van der Waals surface area (Å²) < 4.78 is 6.29. The monoisotopic (exact) mass is 583 g/mol. The highest BCUT2D eigenvalue weighted by Gasteiger charge is 2.23. The van der Waals surface area contributed by atoms with Crippen LogP contribution in [0.5, 0.6) is 0 Å². The summed E-state index contributed by atoms with van der Waals surface area (Å²) in [5, 5.41) is 9.99. The van der Waals surface area contributed by atoms with Gasteiger partial charge in [-0.25, -0.2) is 9.97 Å². The van der Waals surface area contributed by atoms with Gasteiger partial charge in [-0.3, -0.25) is 4.57 Å². The maximum atomic E-state index is 5.35. The van der Waals surface area contributed by atoms with Gasteiger partial charge in [-0.2, -0.15) is 0 Å². The van der Waals surface area contributed by atoms with Crippen molar-refractivity contribution < 1.29 is 0 Å². The highest BCUT2D eigenvalue weighted by molar-refractivity contribution is 7.45. The zero-order chi connectivity index (χ0) is 28.1. The van der Waals surface area contributed by atoms with E-state index < -0.39 is 0 Å². The molecule has 4 heterocycles. The van der Waals surface area contributed by atoms with E-state index in [4.69, 9.17) is 9.97 Å². The number of benzene rings is 6. The molecule has 0 aliphatic heterocycles. The Hall–Kier alpha value is -5.10. The van der Waals surface area contributed by atoms with E-state index in [-0.39, 0.29) is 0 Å². The van der Waals surface area contributed by atoms with Gasteiger partial charge in [0.15, 0.2) is 0 Å². The van der Waals surface area contributed by atoms with Crippen LogP contribution in [0.2, 0.25) is 0 Å². The van der Waals surface area contributed by atoms with Crippen LogP contribution in [0.25, 0.3) is 90.3 Å². The summed E-state index contributed by atoms with van der Waals surface area (Å²) in [6.45, 7) is 0. The molecule has 10 aromatic rings. The predicted octanol–water partition coefficient (Wildman–Crippen LogP) is 11.1. The molecule has 0 amide bonds. The Bertz CT molecular complexity index is 2730. The number of thiophene rings is 2. The van der Waals surface area contributed by atoms with Crippen molar-refractivity contribution in [2.45, 2.75) is 0 Å². The first kappa shape index (κ1) is 23.5. The van der Waals surface area contributed by atoms with Gasteiger partial charge in [0.05, 0.1) is 31.0 Å². The molecular weight excluding hydrogens is 563 g/mol. The van der Waals surface area contributed by atoms with Gasteiger partial charge in [-0.15, -0.1) is 22.7 Å². The molecule has 3 nitrogen and oxygen atoms in total. The van der Waals surface area contributed by atoms with Gasteiger partial charge in [0.2, 0.25) is 5.95 Å². The van der Waals surface area contributed by atoms with E-state index in [2.05, 4.69) is 132 Å². The number of rotatable bonds is 2. The molecule has 0 unspecified atom stereocenters. The summed E-state index contributed by atoms with van der Waals surface area (Å²) in [5.41, 5.74) is 5.27. The Morgan fingerprint density at radius 1 is 0.512 bits per heavy atom. The van der Waals surface area contributed by atoms with Gasteiger partial charge in [0, 0.05) is 42.6 Å². The maximum Gasteiger partial charge on any atom is 0.235 e. The Kier molecular flexibility index (Phi) is 4.75. The molecule has 6 aromatic carbocycles. The second-order valence-corrected chi connectivity index (χ2v) is 13.3. The lowest BCUT2D eigenvalue weighted by molar-refractivity contribution is 1.02. The summed E-state index contributed by atoms with van der Waals surface area (Å²) in [6.07, 6.45) is 0. The van der Waals surface area contributed by atoms with Crippen LogP contribution in [0.4, 0.5) is 0 Å². The van der Waals surface area contributed by atoms with E-state index in [9.17, 15) is 0 Å². The van der Waals surface area contributed by atoms with Crippen LogP contribution in [-0.2, 0) is 0 Å². The standard InChI is InChI=1S/C38H21N3S2/c1-2-11-23(12-3-1)34-25-14-6-8-16-29(25)39-38(40-34)41-30-21-18-22-10-4-5-13-24(22)32(30)27-19-20-28-33-26-15-7-9-17-31(26)42-37(33)43-36(28)35(27)41/h1-21H. The number of fused-ring (bicyclic) bond motifs is 12. The van der Waals surface area contributed by atoms with E-state index >= 15 is 0 Å². The van der Waals surface area contributed by atoms with Crippen molar-refractivity contribution in [1.82, 2.24) is 14.5 Å². The molecule has 0 bridgehead atoms. The minimum Gasteiger partial charge on any atom is -0.276 e. The Labute approximate surface area is 253 Å². The first-order valence-electron chi connectivity index (χ1n) is 14.3. The molecule has 0 saturated heterocycles. The largest absolute Gasteiger partial charge is 0.276 e. The van der Waals surface area contributed by atoms with Crippen molar-refractivity contribution in [3.8, 4) is 17.2 Å². The lowest BCUT2D eigenvalue weighted by atomic mass is 10.0. The van der Waals surface area contributed by atoms with Gasteiger partial charge in [-0.05, 0) is 29.0 Å². The summed E-state index contributed by atoms with van der Waals surface area (Å²) in [7, 11) is 0. The smallest absolute Gasteiger partial charge is 0.235 e. The number of aromatic nitrogens is 3. The number of hydrogen-bond donors (Lipinski definition) is 0. The van der Waals surface area contributed by atoms with E-state index in [1.165, 1.54) is 56.6 Å². The minimum atomic E-state index is 0.696. The molecule has 0 aliphatic carbocycles. The first-order valence-corrected chi connectivity index (χ1v) is 16.0. The van der Waals surface area contributed by atoms with Crippen LogP contribution in [0.1, 0.15) is 0 Å². The van der Waals surface area contributed by atoms with Crippen molar-refractivity contribution in [3.63, 3.8) is 0 Å². The Morgan fingerprint density at radius 3 is 2.16 bits per heavy atom. The average molecular weight is 584 g/mol. The molecular formula is C38H21N3S2. The molecule has 0 spiro atoms. The Balaban J connectivity index is 1.42. The van der Waals surface area contributed by atoms with Crippen LogP contribution < -0.4 is 0 Å². The molecule has 43 heavy (non-hydrogen) atoms. The fourth-order valence-electron chi connectivity index (χ4n) is 6.78. The molecule has 4 aromatic heterocycles. The fraction of sp³-hybridized carbons (Fsp3) is 0. The quantitative estimate of drug-likeness (QED) is 0.203. The van der Waals surface area contributed by atoms with Gasteiger partial charge in [0.1, 0.15) is 0 Å². The van der Waals surface area contributed by atoms with Crippen molar-refractivity contribution in [3.05, 3.63) is 127 Å².